The van der Waals surface area contributed by atoms with Crippen molar-refractivity contribution in [2.45, 2.75) is 38.5 Å². The number of alkyl halides is 3. The van der Waals surface area contributed by atoms with E-state index in [2.05, 4.69) is 26.6 Å². The highest BCUT2D eigenvalue weighted by atomic mass is 79.9. The molecule has 7 heteroatoms. The first-order chi connectivity index (χ1) is 10.3. The van der Waals surface area contributed by atoms with Crippen molar-refractivity contribution in [2.24, 2.45) is 5.92 Å². The van der Waals surface area contributed by atoms with E-state index in [-0.39, 0.29) is 30.0 Å². The Hall–Kier alpha value is -1.08. The third kappa shape index (κ3) is 4.46. The lowest BCUT2D eigenvalue weighted by Gasteiger charge is -2.27. The fraction of sp³-hybridized carbons (Fsp3) is 0.533. The van der Waals surface area contributed by atoms with Gasteiger partial charge in [-0.2, -0.15) is 13.2 Å². The SMILES string of the molecule is C[C@H]1C[C@@H](C(=O)NCc2ccc(Br)cc2C(F)(F)F)CCN1. The van der Waals surface area contributed by atoms with Gasteiger partial charge < -0.3 is 10.6 Å². The summed E-state index contributed by atoms with van der Waals surface area (Å²) in [6.07, 6.45) is -3.02. The Morgan fingerprint density at radius 1 is 1.45 bits per heavy atom. The molecular weight excluding hydrogens is 361 g/mol. The van der Waals surface area contributed by atoms with Crippen molar-refractivity contribution in [2.75, 3.05) is 6.54 Å². The van der Waals surface area contributed by atoms with E-state index < -0.39 is 11.7 Å². The molecule has 1 fully saturated rings. The molecule has 1 aliphatic rings. The van der Waals surface area contributed by atoms with Gasteiger partial charge in [0.15, 0.2) is 0 Å². The Kier molecular flexibility index (Phi) is 5.50. The predicted molar refractivity (Wildman–Crippen MR) is 81.2 cm³/mol. The lowest BCUT2D eigenvalue weighted by Crippen LogP contribution is -2.42. The van der Waals surface area contributed by atoms with Crippen molar-refractivity contribution in [3.05, 3.63) is 33.8 Å². The molecule has 1 heterocycles. The van der Waals surface area contributed by atoms with Crippen LogP contribution in [0.2, 0.25) is 0 Å². The average molecular weight is 379 g/mol. The Morgan fingerprint density at radius 2 is 2.18 bits per heavy atom. The Morgan fingerprint density at radius 3 is 2.82 bits per heavy atom. The zero-order valence-electron chi connectivity index (χ0n) is 12.1. The lowest BCUT2D eigenvalue weighted by molar-refractivity contribution is -0.138. The monoisotopic (exact) mass is 378 g/mol. The van der Waals surface area contributed by atoms with E-state index in [0.717, 1.165) is 12.6 Å². The topological polar surface area (TPSA) is 41.1 Å². The molecular formula is C15H18BrF3N2O. The predicted octanol–water partition coefficient (Wildman–Crippen LogP) is 3.47. The average Bonchev–Trinajstić information content (AvgIpc) is 2.44. The Labute approximate surface area is 135 Å². The first-order valence-corrected chi connectivity index (χ1v) is 7.93. The summed E-state index contributed by atoms with van der Waals surface area (Å²) in [6, 6.07) is 4.22. The second-order valence-electron chi connectivity index (χ2n) is 5.59. The number of rotatable bonds is 3. The Balaban J connectivity index is 2.04. The van der Waals surface area contributed by atoms with Gasteiger partial charge >= 0.3 is 6.18 Å². The zero-order chi connectivity index (χ0) is 16.3. The largest absolute Gasteiger partial charge is 0.416 e. The molecule has 22 heavy (non-hydrogen) atoms. The van der Waals surface area contributed by atoms with E-state index in [0.29, 0.717) is 17.3 Å². The van der Waals surface area contributed by atoms with Gasteiger partial charge in [-0.1, -0.05) is 22.0 Å². The molecule has 3 nitrogen and oxygen atoms in total. The number of halogens is 4. The van der Waals surface area contributed by atoms with Crippen molar-refractivity contribution in [3.63, 3.8) is 0 Å². The van der Waals surface area contributed by atoms with Crippen LogP contribution in [0.5, 0.6) is 0 Å². The van der Waals surface area contributed by atoms with Gasteiger partial charge in [0, 0.05) is 23.0 Å². The smallest absolute Gasteiger partial charge is 0.352 e. The molecule has 1 saturated heterocycles. The molecule has 1 aromatic carbocycles. The standard InChI is InChI=1S/C15H18BrF3N2O/c1-9-6-10(4-5-20-9)14(22)21-8-11-2-3-12(16)7-13(11)15(17,18)19/h2-3,7,9-10,20H,4-6,8H2,1H3,(H,21,22)/t9-,10-/m0/s1. The van der Waals surface area contributed by atoms with E-state index in [1.54, 1.807) is 6.07 Å². The highest BCUT2D eigenvalue weighted by Crippen LogP contribution is 2.33. The van der Waals surface area contributed by atoms with Crippen LogP contribution in [0.3, 0.4) is 0 Å². The molecule has 0 aliphatic carbocycles. The van der Waals surface area contributed by atoms with Gasteiger partial charge in [-0.25, -0.2) is 0 Å². The third-order valence-electron chi connectivity index (χ3n) is 3.82. The number of hydrogen-bond acceptors (Lipinski definition) is 2. The molecule has 1 aliphatic heterocycles. The summed E-state index contributed by atoms with van der Waals surface area (Å²) in [6.45, 7) is 2.64. The minimum absolute atomic E-state index is 0.0750. The number of hydrogen-bond donors (Lipinski definition) is 2. The van der Waals surface area contributed by atoms with Crippen molar-refractivity contribution in [1.82, 2.24) is 10.6 Å². The van der Waals surface area contributed by atoms with E-state index in [1.807, 2.05) is 6.92 Å². The highest BCUT2D eigenvalue weighted by molar-refractivity contribution is 9.10. The first kappa shape index (κ1) is 17.3. The van der Waals surface area contributed by atoms with E-state index in [9.17, 15) is 18.0 Å². The fourth-order valence-electron chi connectivity index (χ4n) is 2.66. The summed E-state index contributed by atoms with van der Waals surface area (Å²) in [5, 5.41) is 5.88. The zero-order valence-corrected chi connectivity index (χ0v) is 13.7. The van der Waals surface area contributed by atoms with Crippen LogP contribution in [0.1, 0.15) is 30.9 Å². The number of amides is 1. The highest BCUT2D eigenvalue weighted by Gasteiger charge is 2.33. The molecule has 122 valence electrons. The van der Waals surface area contributed by atoms with Gasteiger partial charge in [-0.05, 0) is 44.0 Å². The van der Waals surface area contributed by atoms with Crippen molar-refractivity contribution in [1.29, 1.82) is 0 Å². The number of benzene rings is 1. The van der Waals surface area contributed by atoms with Gasteiger partial charge in [0.05, 0.1) is 5.56 Å². The van der Waals surface area contributed by atoms with Gasteiger partial charge in [0.25, 0.3) is 0 Å². The van der Waals surface area contributed by atoms with Crippen molar-refractivity contribution in [3.8, 4) is 0 Å². The summed E-state index contributed by atoms with van der Waals surface area (Å²) < 4.78 is 39.4. The second-order valence-corrected chi connectivity index (χ2v) is 6.51. The minimum atomic E-state index is -4.44. The van der Waals surface area contributed by atoms with Crippen LogP contribution in [0.15, 0.2) is 22.7 Å². The van der Waals surface area contributed by atoms with Crippen molar-refractivity contribution < 1.29 is 18.0 Å². The molecule has 0 aromatic heterocycles. The van der Waals surface area contributed by atoms with Crippen LogP contribution in [-0.2, 0) is 17.5 Å². The summed E-state index contributed by atoms with van der Waals surface area (Å²) >= 11 is 3.04. The number of nitrogens with one attached hydrogen (secondary N) is 2. The molecule has 0 radical (unpaired) electrons. The summed E-state index contributed by atoms with van der Waals surface area (Å²) in [5.41, 5.74) is -0.646. The molecule has 0 unspecified atom stereocenters. The van der Waals surface area contributed by atoms with Gasteiger partial charge in [0.2, 0.25) is 5.91 Å². The molecule has 2 rings (SSSR count). The van der Waals surface area contributed by atoms with Crippen LogP contribution >= 0.6 is 15.9 Å². The van der Waals surface area contributed by atoms with E-state index >= 15 is 0 Å². The summed E-state index contributed by atoms with van der Waals surface area (Å²) in [4.78, 5) is 12.1. The first-order valence-electron chi connectivity index (χ1n) is 7.14. The molecule has 0 spiro atoms. The van der Waals surface area contributed by atoms with E-state index in [4.69, 9.17) is 0 Å². The van der Waals surface area contributed by atoms with Crippen LogP contribution < -0.4 is 10.6 Å². The molecule has 1 amide bonds. The molecule has 1 aromatic rings. The molecule has 2 N–H and O–H groups in total. The Bertz CT molecular complexity index is 548. The fourth-order valence-corrected chi connectivity index (χ4v) is 3.02. The molecule has 2 atom stereocenters. The minimum Gasteiger partial charge on any atom is -0.352 e. The summed E-state index contributed by atoms with van der Waals surface area (Å²) in [5.74, 6) is -0.314. The van der Waals surface area contributed by atoms with Crippen LogP contribution in [0, 0.1) is 5.92 Å². The maximum absolute atomic E-state index is 13.0. The maximum Gasteiger partial charge on any atom is 0.416 e. The van der Waals surface area contributed by atoms with E-state index in [1.165, 1.54) is 6.07 Å². The van der Waals surface area contributed by atoms with Crippen LogP contribution in [0.4, 0.5) is 13.2 Å². The van der Waals surface area contributed by atoms with Crippen molar-refractivity contribution >= 4 is 21.8 Å². The molecule has 0 saturated carbocycles. The number of piperidine rings is 1. The van der Waals surface area contributed by atoms with Crippen LogP contribution in [-0.4, -0.2) is 18.5 Å². The number of carbonyl (C=O) groups is 1. The maximum atomic E-state index is 13.0. The van der Waals surface area contributed by atoms with Crippen LogP contribution in [0.25, 0.3) is 0 Å². The second kappa shape index (κ2) is 7.00. The third-order valence-corrected chi connectivity index (χ3v) is 4.32. The normalized spacial score (nSPS) is 22.4. The van der Waals surface area contributed by atoms with Gasteiger partial charge in [-0.3, -0.25) is 4.79 Å². The quantitative estimate of drug-likeness (QED) is 0.845. The van der Waals surface area contributed by atoms with Gasteiger partial charge in [-0.15, -0.1) is 0 Å². The number of carbonyl (C=O) groups excluding carboxylic acids is 1. The molecule has 0 bridgehead atoms. The van der Waals surface area contributed by atoms with Gasteiger partial charge in [0.1, 0.15) is 0 Å². The summed E-state index contributed by atoms with van der Waals surface area (Å²) in [7, 11) is 0. The lowest BCUT2D eigenvalue weighted by atomic mass is 9.92.